The molecule has 4 rings (SSSR count). The summed E-state index contributed by atoms with van der Waals surface area (Å²) in [5.41, 5.74) is 6.98. The molecule has 8 heteroatoms. The summed E-state index contributed by atoms with van der Waals surface area (Å²) in [6, 6.07) is 14.4. The number of para-hydroxylation sites is 2. The van der Waals surface area contributed by atoms with Crippen molar-refractivity contribution in [3.63, 3.8) is 0 Å². The van der Waals surface area contributed by atoms with Crippen molar-refractivity contribution in [2.75, 3.05) is 23.3 Å². The van der Waals surface area contributed by atoms with Gasteiger partial charge in [0.1, 0.15) is 0 Å². The van der Waals surface area contributed by atoms with Crippen molar-refractivity contribution in [1.82, 2.24) is 9.78 Å². The minimum absolute atomic E-state index is 0.111. The number of carbonyl (C=O) groups excluding carboxylic acids is 2. The number of aromatic nitrogens is 2. The Balaban J connectivity index is 1.66. The van der Waals surface area contributed by atoms with Crippen LogP contribution in [0.25, 0.3) is 10.8 Å². The van der Waals surface area contributed by atoms with Gasteiger partial charge in [-0.2, -0.15) is 5.10 Å². The molecule has 8 nitrogen and oxygen atoms in total. The summed E-state index contributed by atoms with van der Waals surface area (Å²) < 4.78 is 1.34. The van der Waals surface area contributed by atoms with E-state index in [1.807, 2.05) is 38.1 Å². The second-order valence-electron chi connectivity index (χ2n) is 8.37. The molecule has 1 aliphatic heterocycles. The number of carbonyl (C=O) groups is 2. The largest absolute Gasteiger partial charge is 0.370 e. The van der Waals surface area contributed by atoms with E-state index in [1.54, 1.807) is 24.3 Å². The Morgan fingerprint density at radius 1 is 1.03 bits per heavy atom. The lowest BCUT2D eigenvalue weighted by Gasteiger charge is -2.33. The highest BCUT2D eigenvalue weighted by Gasteiger charge is 2.25. The normalized spacial score (nSPS) is 14.7. The maximum atomic E-state index is 13.3. The van der Waals surface area contributed by atoms with Crippen LogP contribution in [0, 0.1) is 5.92 Å². The van der Waals surface area contributed by atoms with E-state index in [0.29, 0.717) is 42.4 Å². The first-order valence-electron chi connectivity index (χ1n) is 10.8. The van der Waals surface area contributed by atoms with E-state index in [-0.39, 0.29) is 35.0 Å². The first-order chi connectivity index (χ1) is 15.4. The maximum absolute atomic E-state index is 13.3. The Morgan fingerprint density at radius 2 is 1.66 bits per heavy atom. The van der Waals surface area contributed by atoms with Gasteiger partial charge in [0.15, 0.2) is 5.69 Å². The van der Waals surface area contributed by atoms with Crippen molar-refractivity contribution in [3.05, 3.63) is 64.6 Å². The van der Waals surface area contributed by atoms with Gasteiger partial charge in [-0.05, 0) is 44.9 Å². The number of anilines is 2. The maximum Gasteiger partial charge on any atom is 0.276 e. The van der Waals surface area contributed by atoms with E-state index >= 15 is 0 Å². The highest BCUT2D eigenvalue weighted by Crippen LogP contribution is 2.30. The molecule has 2 aromatic carbocycles. The lowest BCUT2D eigenvalue weighted by molar-refractivity contribution is -0.122. The number of nitrogens with one attached hydrogen (secondary N) is 1. The van der Waals surface area contributed by atoms with Crippen LogP contribution in [0.2, 0.25) is 0 Å². The average Bonchev–Trinajstić information content (AvgIpc) is 2.79. The van der Waals surface area contributed by atoms with Gasteiger partial charge in [0.25, 0.3) is 11.5 Å². The molecule has 32 heavy (non-hydrogen) atoms. The number of piperidine rings is 1. The number of benzene rings is 2. The highest BCUT2D eigenvalue weighted by atomic mass is 16.2. The van der Waals surface area contributed by atoms with Crippen LogP contribution >= 0.6 is 0 Å². The fourth-order valence-corrected chi connectivity index (χ4v) is 4.17. The van der Waals surface area contributed by atoms with E-state index in [4.69, 9.17) is 5.73 Å². The van der Waals surface area contributed by atoms with E-state index in [2.05, 4.69) is 15.3 Å². The molecular weight excluding hydrogens is 406 g/mol. The zero-order valence-electron chi connectivity index (χ0n) is 18.2. The van der Waals surface area contributed by atoms with Crippen molar-refractivity contribution in [2.45, 2.75) is 32.7 Å². The summed E-state index contributed by atoms with van der Waals surface area (Å²) >= 11 is 0. The van der Waals surface area contributed by atoms with Crippen molar-refractivity contribution in [1.29, 1.82) is 0 Å². The molecule has 2 amide bonds. The van der Waals surface area contributed by atoms with Crippen molar-refractivity contribution >= 4 is 34.0 Å². The molecule has 0 bridgehead atoms. The van der Waals surface area contributed by atoms with Crippen molar-refractivity contribution in [3.8, 4) is 0 Å². The lowest BCUT2D eigenvalue weighted by Crippen LogP contribution is -2.39. The van der Waals surface area contributed by atoms with Crippen LogP contribution in [0.15, 0.2) is 53.3 Å². The van der Waals surface area contributed by atoms with E-state index in [0.717, 1.165) is 5.69 Å². The van der Waals surface area contributed by atoms with Gasteiger partial charge in [0.2, 0.25) is 5.91 Å². The second kappa shape index (κ2) is 8.82. The van der Waals surface area contributed by atoms with Gasteiger partial charge in [-0.3, -0.25) is 14.4 Å². The highest BCUT2D eigenvalue weighted by molar-refractivity contribution is 6.12. The quantitative estimate of drug-likeness (QED) is 0.643. The number of nitrogens with zero attached hydrogens (tertiary/aromatic N) is 3. The minimum atomic E-state index is -0.380. The first-order valence-corrected chi connectivity index (χ1v) is 10.8. The van der Waals surface area contributed by atoms with E-state index in [1.165, 1.54) is 4.68 Å². The average molecular weight is 434 g/mol. The monoisotopic (exact) mass is 433 g/mol. The molecule has 1 aromatic heterocycles. The molecule has 2 heterocycles. The number of hydrogen-bond acceptors (Lipinski definition) is 5. The van der Waals surface area contributed by atoms with Crippen LogP contribution in [0.1, 0.15) is 43.2 Å². The lowest BCUT2D eigenvalue weighted by atomic mass is 9.96. The Bertz CT molecular complexity index is 1230. The van der Waals surface area contributed by atoms with Crippen molar-refractivity contribution < 1.29 is 9.59 Å². The van der Waals surface area contributed by atoms with Crippen LogP contribution in [0.5, 0.6) is 0 Å². The zero-order chi connectivity index (χ0) is 22.8. The van der Waals surface area contributed by atoms with E-state index < -0.39 is 0 Å². The van der Waals surface area contributed by atoms with Crippen LogP contribution in [-0.4, -0.2) is 34.7 Å². The van der Waals surface area contributed by atoms with Crippen LogP contribution < -0.4 is 21.5 Å². The summed E-state index contributed by atoms with van der Waals surface area (Å²) in [6.07, 6.45) is 1.37. The Hall–Kier alpha value is -3.68. The number of amides is 2. The standard InChI is InChI=1S/C24H27N5O3/c1-15(2)29-24(32)18-8-4-3-7-17(18)21(27-29)23(31)26-19-9-5-6-10-20(19)28-13-11-16(12-14-28)22(25)30/h3-10,15-16H,11-14H2,1-2H3,(H2,25,30)(H,26,31). The predicted molar refractivity (Wildman–Crippen MR) is 125 cm³/mol. The molecule has 0 atom stereocenters. The third kappa shape index (κ3) is 4.08. The first kappa shape index (κ1) is 21.5. The third-order valence-electron chi connectivity index (χ3n) is 5.92. The molecule has 166 valence electrons. The summed E-state index contributed by atoms with van der Waals surface area (Å²) in [6.45, 7) is 5.07. The van der Waals surface area contributed by atoms with Gasteiger partial charge in [-0.25, -0.2) is 4.68 Å². The molecule has 0 aliphatic carbocycles. The second-order valence-corrected chi connectivity index (χ2v) is 8.37. The van der Waals surface area contributed by atoms with Crippen LogP contribution in [0.3, 0.4) is 0 Å². The molecule has 1 saturated heterocycles. The number of nitrogens with two attached hydrogens (primary N) is 1. The topological polar surface area (TPSA) is 110 Å². The molecule has 0 radical (unpaired) electrons. The summed E-state index contributed by atoms with van der Waals surface area (Å²) in [5.74, 6) is -0.750. The zero-order valence-corrected chi connectivity index (χ0v) is 18.2. The Morgan fingerprint density at radius 3 is 2.31 bits per heavy atom. The van der Waals surface area contributed by atoms with Gasteiger partial charge in [-0.15, -0.1) is 0 Å². The fraction of sp³-hybridized carbons (Fsp3) is 0.333. The molecule has 1 fully saturated rings. The number of primary amides is 1. The summed E-state index contributed by atoms with van der Waals surface area (Å²) in [4.78, 5) is 39.7. The Kier molecular flexibility index (Phi) is 5.94. The van der Waals surface area contributed by atoms with Crippen molar-refractivity contribution in [2.24, 2.45) is 11.7 Å². The molecule has 0 saturated carbocycles. The van der Waals surface area contributed by atoms with Gasteiger partial charge < -0.3 is 16.0 Å². The smallest absolute Gasteiger partial charge is 0.276 e. The SMILES string of the molecule is CC(C)n1nc(C(=O)Nc2ccccc2N2CCC(C(N)=O)CC2)c2ccccc2c1=O. The Labute approximate surface area is 186 Å². The van der Waals surface area contributed by atoms with Gasteiger partial charge in [0.05, 0.1) is 22.8 Å². The molecule has 0 unspecified atom stereocenters. The molecule has 3 N–H and O–H groups in total. The minimum Gasteiger partial charge on any atom is -0.370 e. The van der Waals surface area contributed by atoms with Crippen LogP contribution in [0.4, 0.5) is 11.4 Å². The molecule has 3 aromatic rings. The third-order valence-corrected chi connectivity index (χ3v) is 5.92. The van der Waals surface area contributed by atoms with Crippen LogP contribution in [-0.2, 0) is 4.79 Å². The predicted octanol–water partition coefficient (Wildman–Crippen LogP) is 2.93. The summed E-state index contributed by atoms with van der Waals surface area (Å²) in [5, 5.41) is 8.36. The molecule has 0 spiro atoms. The van der Waals surface area contributed by atoms with E-state index in [9.17, 15) is 14.4 Å². The number of hydrogen-bond donors (Lipinski definition) is 2. The van der Waals surface area contributed by atoms with Gasteiger partial charge in [0, 0.05) is 24.4 Å². The number of fused-ring (bicyclic) bond motifs is 1. The summed E-state index contributed by atoms with van der Waals surface area (Å²) in [7, 11) is 0. The fourth-order valence-electron chi connectivity index (χ4n) is 4.17. The van der Waals surface area contributed by atoms with Gasteiger partial charge in [-0.1, -0.05) is 30.3 Å². The molecule has 1 aliphatic rings. The van der Waals surface area contributed by atoms with Gasteiger partial charge >= 0.3 is 0 Å². The molecular formula is C24H27N5O3. The number of rotatable bonds is 5.